The number of hydrogen-bond donors (Lipinski definition) is 1. The zero-order chi connectivity index (χ0) is 14.4. The average Bonchev–Trinajstić information content (AvgIpc) is 2.46. The van der Waals surface area contributed by atoms with Crippen LogP contribution in [0.4, 0.5) is 0 Å². The molecule has 1 atom stereocenters. The van der Waals surface area contributed by atoms with Gasteiger partial charge in [-0.3, -0.25) is 9.69 Å². The summed E-state index contributed by atoms with van der Waals surface area (Å²) >= 11 is 1.44. The molecule has 0 radical (unpaired) electrons. The molecule has 0 aliphatic carbocycles. The molecule has 1 unspecified atom stereocenters. The van der Waals surface area contributed by atoms with Crippen molar-refractivity contribution >= 4 is 30.1 Å². The van der Waals surface area contributed by atoms with Crippen LogP contribution in [-0.4, -0.2) is 54.1 Å². The Labute approximate surface area is 136 Å². The van der Waals surface area contributed by atoms with Gasteiger partial charge in [-0.2, -0.15) is 0 Å². The molecule has 0 spiro atoms. The zero-order valence-corrected chi connectivity index (χ0v) is 13.8. The van der Waals surface area contributed by atoms with E-state index in [0.717, 1.165) is 37.7 Å². The molecule has 118 valence electrons. The number of ether oxygens (including phenoxy) is 1. The Morgan fingerprint density at radius 3 is 2.52 bits per heavy atom. The standard InChI is InChI=1S/C15H21NO3S.ClH/c1-12-2-4-13(5-3-12)20-14(15(17)18)6-7-16-8-10-19-11-9-16;/h2-5,14H,6-11H2,1H3,(H,17,18);1H. The lowest BCUT2D eigenvalue weighted by Crippen LogP contribution is -2.38. The van der Waals surface area contributed by atoms with E-state index in [1.165, 1.54) is 17.3 Å². The maximum absolute atomic E-state index is 11.4. The summed E-state index contributed by atoms with van der Waals surface area (Å²) in [6.45, 7) is 6.16. The van der Waals surface area contributed by atoms with E-state index in [2.05, 4.69) is 4.90 Å². The van der Waals surface area contributed by atoms with E-state index in [-0.39, 0.29) is 17.7 Å². The summed E-state index contributed by atoms with van der Waals surface area (Å²) < 4.78 is 5.30. The quantitative estimate of drug-likeness (QED) is 0.812. The number of aryl methyl sites for hydroxylation is 1. The van der Waals surface area contributed by atoms with E-state index in [9.17, 15) is 9.90 Å². The van der Waals surface area contributed by atoms with Crippen LogP contribution in [0, 0.1) is 6.92 Å². The Bertz CT molecular complexity index is 435. The number of morpholine rings is 1. The van der Waals surface area contributed by atoms with E-state index in [1.807, 2.05) is 31.2 Å². The van der Waals surface area contributed by atoms with Crippen molar-refractivity contribution in [2.24, 2.45) is 0 Å². The van der Waals surface area contributed by atoms with Crippen molar-refractivity contribution in [3.8, 4) is 0 Å². The largest absolute Gasteiger partial charge is 0.480 e. The lowest BCUT2D eigenvalue weighted by molar-refractivity contribution is -0.136. The zero-order valence-electron chi connectivity index (χ0n) is 12.2. The molecule has 0 saturated carbocycles. The number of hydrogen-bond acceptors (Lipinski definition) is 4. The minimum atomic E-state index is -0.733. The van der Waals surface area contributed by atoms with Crippen LogP contribution in [-0.2, 0) is 9.53 Å². The Morgan fingerprint density at radius 2 is 1.95 bits per heavy atom. The van der Waals surface area contributed by atoms with Crippen molar-refractivity contribution < 1.29 is 14.6 Å². The van der Waals surface area contributed by atoms with Crippen molar-refractivity contribution in [2.45, 2.75) is 23.5 Å². The van der Waals surface area contributed by atoms with Crippen molar-refractivity contribution in [1.29, 1.82) is 0 Å². The fourth-order valence-electron chi connectivity index (χ4n) is 2.14. The fraction of sp³-hybridized carbons (Fsp3) is 0.533. The third-order valence-corrected chi connectivity index (χ3v) is 4.65. The molecular formula is C15H22ClNO3S. The summed E-state index contributed by atoms with van der Waals surface area (Å²) in [5.74, 6) is -0.733. The molecule has 1 saturated heterocycles. The first-order chi connectivity index (χ1) is 9.65. The van der Waals surface area contributed by atoms with Gasteiger partial charge in [0.1, 0.15) is 5.25 Å². The highest BCUT2D eigenvalue weighted by Crippen LogP contribution is 2.26. The van der Waals surface area contributed by atoms with Gasteiger partial charge >= 0.3 is 5.97 Å². The lowest BCUT2D eigenvalue weighted by atomic mass is 10.2. The van der Waals surface area contributed by atoms with Crippen molar-refractivity contribution in [3.63, 3.8) is 0 Å². The van der Waals surface area contributed by atoms with Gasteiger partial charge in [-0.15, -0.1) is 24.2 Å². The third kappa shape index (κ3) is 6.26. The Hall–Kier alpha value is -0.750. The van der Waals surface area contributed by atoms with Gasteiger partial charge in [-0.1, -0.05) is 17.7 Å². The second-order valence-corrected chi connectivity index (χ2v) is 6.28. The summed E-state index contributed by atoms with van der Waals surface area (Å²) in [6, 6.07) is 8.02. The summed E-state index contributed by atoms with van der Waals surface area (Å²) in [6.07, 6.45) is 0.661. The van der Waals surface area contributed by atoms with Gasteiger partial charge < -0.3 is 9.84 Å². The summed E-state index contributed by atoms with van der Waals surface area (Å²) in [4.78, 5) is 14.7. The van der Waals surface area contributed by atoms with Crippen molar-refractivity contribution in [2.75, 3.05) is 32.8 Å². The first-order valence-electron chi connectivity index (χ1n) is 6.91. The summed E-state index contributed by atoms with van der Waals surface area (Å²) in [5, 5.41) is 8.97. The molecule has 1 heterocycles. The van der Waals surface area contributed by atoms with Crippen molar-refractivity contribution in [3.05, 3.63) is 29.8 Å². The monoisotopic (exact) mass is 331 g/mol. The number of carboxylic acid groups (broad SMARTS) is 1. The first-order valence-corrected chi connectivity index (χ1v) is 7.79. The molecule has 1 N–H and O–H groups in total. The molecule has 1 aromatic rings. The number of aliphatic carboxylic acids is 1. The fourth-order valence-corrected chi connectivity index (χ4v) is 3.08. The second-order valence-electron chi connectivity index (χ2n) is 5.00. The highest BCUT2D eigenvalue weighted by molar-refractivity contribution is 8.00. The van der Waals surface area contributed by atoms with Crippen LogP contribution >= 0.6 is 24.2 Å². The van der Waals surface area contributed by atoms with E-state index < -0.39 is 5.97 Å². The minimum Gasteiger partial charge on any atom is -0.480 e. The van der Waals surface area contributed by atoms with Crippen LogP contribution in [0.25, 0.3) is 0 Å². The predicted molar refractivity (Wildman–Crippen MR) is 87.6 cm³/mol. The van der Waals surface area contributed by atoms with Gasteiger partial charge in [0.2, 0.25) is 0 Å². The molecule has 0 amide bonds. The van der Waals surface area contributed by atoms with Crippen LogP contribution in [0.1, 0.15) is 12.0 Å². The van der Waals surface area contributed by atoms with Gasteiger partial charge in [0.25, 0.3) is 0 Å². The predicted octanol–water partition coefficient (Wildman–Crippen LogP) is 2.68. The van der Waals surface area contributed by atoms with Crippen molar-refractivity contribution in [1.82, 2.24) is 4.90 Å². The SMILES string of the molecule is Cc1ccc(SC(CCN2CCOCC2)C(=O)O)cc1.Cl. The number of rotatable bonds is 6. The molecule has 4 nitrogen and oxygen atoms in total. The topological polar surface area (TPSA) is 49.8 Å². The molecule has 1 fully saturated rings. The number of benzene rings is 1. The van der Waals surface area contributed by atoms with Crippen LogP contribution in [0.2, 0.25) is 0 Å². The average molecular weight is 332 g/mol. The van der Waals surface area contributed by atoms with Gasteiger partial charge in [-0.05, 0) is 32.0 Å². The van der Waals surface area contributed by atoms with E-state index >= 15 is 0 Å². The van der Waals surface area contributed by atoms with Gasteiger partial charge in [0.05, 0.1) is 13.2 Å². The van der Waals surface area contributed by atoms with E-state index in [4.69, 9.17) is 4.74 Å². The van der Waals surface area contributed by atoms with Crippen LogP contribution < -0.4 is 0 Å². The van der Waals surface area contributed by atoms with Crippen LogP contribution in [0.3, 0.4) is 0 Å². The highest BCUT2D eigenvalue weighted by Gasteiger charge is 2.20. The minimum absolute atomic E-state index is 0. The molecule has 21 heavy (non-hydrogen) atoms. The van der Waals surface area contributed by atoms with Crippen LogP contribution in [0.15, 0.2) is 29.2 Å². The number of halogens is 1. The summed E-state index contributed by atoms with van der Waals surface area (Å²) in [5.41, 5.74) is 1.19. The Balaban J connectivity index is 0.00000220. The molecule has 1 aromatic carbocycles. The molecular weight excluding hydrogens is 310 g/mol. The number of carboxylic acids is 1. The molecule has 6 heteroatoms. The molecule has 2 rings (SSSR count). The number of thioether (sulfide) groups is 1. The van der Waals surface area contributed by atoms with Crippen LogP contribution in [0.5, 0.6) is 0 Å². The maximum Gasteiger partial charge on any atom is 0.317 e. The Morgan fingerprint density at radius 1 is 1.33 bits per heavy atom. The summed E-state index contributed by atoms with van der Waals surface area (Å²) in [7, 11) is 0. The number of nitrogens with zero attached hydrogens (tertiary/aromatic N) is 1. The maximum atomic E-state index is 11.4. The molecule has 1 aliphatic rings. The second kappa shape index (κ2) is 9.30. The van der Waals surface area contributed by atoms with Gasteiger partial charge in [0, 0.05) is 18.0 Å². The number of carbonyl (C=O) groups is 1. The third-order valence-electron chi connectivity index (χ3n) is 3.39. The van der Waals surface area contributed by atoms with Gasteiger partial charge in [0.15, 0.2) is 0 Å². The lowest BCUT2D eigenvalue weighted by Gasteiger charge is -2.27. The Kier molecular flexibility index (Phi) is 8.11. The normalized spacial score (nSPS) is 17.0. The molecule has 1 aliphatic heterocycles. The highest BCUT2D eigenvalue weighted by atomic mass is 35.5. The molecule has 0 aromatic heterocycles. The smallest absolute Gasteiger partial charge is 0.317 e. The van der Waals surface area contributed by atoms with E-state index in [0.29, 0.717) is 6.42 Å². The first kappa shape index (κ1) is 18.3. The van der Waals surface area contributed by atoms with E-state index in [1.54, 1.807) is 0 Å². The van der Waals surface area contributed by atoms with Gasteiger partial charge in [-0.25, -0.2) is 0 Å². The molecule has 0 bridgehead atoms.